The molecular weight excluding hydrogens is 450 g/mol. The summed E-state index contributed by atoms with van der Waals surface area (Å²) in [5.74, 6) is -3.79. The van der Waals surface area contributed by atoms with Crippen LogP contribution in [0.15, 0.2) is 34.9 Å². The van der Waals surface area contributed by atoms with Crippen molar-refractivity contribution in [1.29, 1.82) is 0 Å². The molecule has 6 atom stereocenters. The first-order chi connectivity index (χ1) is 15.6. The lowest BCUT2D eigenvalue weighted by Crippen LogP contribution is -2.63. The number of amides is 2. The molecule has 0 spiro atoms. The lowest BCUT2D eigenvalue weighted by atomic mass is 9.79. The SMILES string of the molecule is CC(O)[C@H]1C(=O)N2C(C(=O)O)=C(S[C@@H]3CN[C@H](C(=O)Nc4cccc(C(=O)O)c4)C3)[C@H](C)[C@H]12. The van der Waals surface area contributed by atoms with E-state index in [2.05, 4.69) is 10.6 Å². The minimum atomic E-state index is -1.18. The number of fused-ring (bicyclic) bond motifs is 1. The quantitative estimate of drug-likeness (QED) is 0.362. The molecule has 3 aliphatic rings. The van der Waals surface area contributed by atoms with Gasteiger partial charge in [-0.15, -0.1) is 11.8 Å². The van der Waals surface area contributed by atoms with E-state index in [4.69, 9.17) is 5.11 Å². The molecule has 2 saturated heterocycles. The fourth-order valence-corrected chi connectivity index (χ4v) is 6.29. The molecule has 3 aliphatic heterocycles. The van der Waals surface area contributed by atoms with Gasteiger partial charge in [0.15, 0.2) is 0 Å². The second-order valence-corrected chi connectivity index (χ2v) is 9.93. The van der Waals surface area contributed by atoms with E-state index in [1.54, 1.807) is 12.1 Å². The number of β-lactam (4-membered cyclic amide) rings is 1. The Morgan fingerprint density at radius 2 is 1.97 bits per heavy atom. The number of carboxylic acid groups (broad SMARTS) is 2. The number of nitrogens with one attached hydrogen (secondary N) is 2. The Morgan fingerprint density at radius 3 is 2.61 bits per heavy atom. The number of aliphatic hydroxyl groups is 1. The number of nitrogens with zero attached hydrogens (tertiary/aromatic N) is 1. The van der Waals surface area contributed by atoms with Gasteiger partial charge in [-0.25, -0.2) is 9.59 Å². The molecule has 1 aromatic carbocycles. The maximum absolute atomic E-state index is 12.7. The summed E-state index contributed by atoms with van der Waals surface area (Å²) in [5, 5.41) is 34.6. The molecule has 3 heterocycles. The van der Waals surface area contributed by atoms with Crippen LogP contribution in [0.1, 0.15) is 30.6 Å². The topological polar surface area (TPSA) is 156 Å². The number of aliphatic hydroxyl groups excluding tert-OH is 1. The maximum Gasteiger partial charge on any atom is 0.353 e. The Hall–Kier alpha value is -2.89. The summed E-state index contributed by atoms with van der Waals surface area (Å²) < 4.78 is 0. The van der Waals surface area contributed by atoms with Gasteiger partial charge >= 0.3 is 11.9 Å². The Bertz CT molecular complexity index is 1060. The van der Waals surface area contributed by atoms with Gasteiger partial charge in [0, 0.05) is 28.3 Å². The van der Waals surface area contributed by atoms with Crippen LogP contribution in [0.25, 0.3) is 0 Å². The second-order valence-electron chi connectivity index (χ2n) is 8.58. The molecule has 0 saturated carbocycles. The van der Waals surface area contributed by atoms with Crippen LogP contribution in [0.2, 0.25) is 0 Å². The molecule has 1 aromatic rings. The van der Waals surface area contributed by atoms with Crippen LogP contribution >= 0.6 is 11.8 Å². The fourth-order valence-electron chi connectivity index (χ4n) is 4.81. The van der Waals surface area contributed by atoms with E-state index in [9.17, 15) is 29.4 Å². The van der Waals surface area contributed by atoms with Gasteiger partial charge in [-0.2, -0.15) is 0 Å². The molecular formula is C22H25N3O7S. The molecule has 33 heavy (non-hydrogen) atoms. The molecule has 4 rings (SSSR count). The van der Waals surface area contributed by atoms with Crippen LogP contribution in [0.4, 0.5) is 5.69 Å². The van der Waals surface area contributed by atoms with Crippen LogP contribution in [0.5, 0.6) is 0 Å². The normalized spacial score (nSPS) is 29.5. The Balaban J connectivity index is 1.43. The number of carboxylic acids is 2. The van der Waals surface area contributed by atoms with Crippen LogP contribution in [0, 0.1) is 11.8 Å². The van der Waals surface area contributed by atoms with Crippen molar-refractivity contribution in [3.05, 3.63) is 40.4 Å². The number of aliphatic carboxylic acids is 1. The van der Waals surface area contributed by atoms with Gasteiger partial charge < -0.3 is 30.9 Å². The largest absolute Gasteiger partial charge is 0.478 e. The third-order valence-corrected chi connectivity index (χ3v) is 7.90. The van der Waals surface area contributed by atoms with E-state index in [1.165, 1.54) is 35.7 Å². The molecule has 0 aromatic heterocycles. The first-order valence-electron chi connectivity index (χ1n) is 10.6. The molecule has 5 N–H and O–H groups in total. The zero-order valence-electron chi connectivity index (χ0n) is 18.0. The van der Waals surface area contributed by atoms with Crippen LogP contribution in [-0.2, 0) is 14.4 Å². The van der Waals surface area contributed by atoms with Crippen LogP contribution in [0.3, 0.4) is 0 Å². The van der Waals surface area contributed by atoms with Crippen molar-refractivity contribution in [1.82, 2.24) is 10.2 Å². The molecule has 2 fully saturated rings. The molecule has 0 bridgehead atoms. The molecule has 0 aliphatic carbocycles. The van der Waals surface area contributed by atoms with Gasteiger partial charge in [-0.05, 0) is 31.5 Å². The number of carbonyl (C=O) groups is 4. The summed E-state index contributed by atoms with van der Waals surface area (Å²) in [4.78, 5) is 50.1. The average Bonchev–Trinajstić information content (AvgIpc) is 3.30. The van der Waals surface area contributed by atoms with Crippen LogP contribution in [-0.4, -0.2) is 74.0 Å². The van der Waals surface area contributed by atoms with E-state index >= 15 is 0 Å². The molecule has 11 heteroatoms. The predicted molar refractivity (Wildman–Crippen MR) is 119 cm³/mol. The number of hydrogen-bond donors (Lipinski definition) is 5. The fraction of sp³-hybridized carbons (Fsp3) is 0.455. The highest BCUT2D eigenvalue weighted by Crippen LogP contribution is 2.51. The first kappa shape index (κ1) is 23.3. The standard InChI is InChI=1S/C22H25N3O7S/c1-9-16-15(10(2)26)20(28)25(16)17(22(31)32)18(9)33-13-7-14(23-8-13)19(27)24-12-5-3-4-11(6-12)21(29)30/h3-6,9-10,13-16,23,26H,7-8H2,1-2H3,(H,24,27)(H,29,30)(H,31,32)/t9-,10?,13+,14+,15-,16-/m1/s1. The lowest BCUT2D eigenvalue weighted by molar-refractivity contribution is -0.163. The molecule has 1 unspecified atom stereocenters. The summed E-state index contributed by atoms with van der Waals surface area (Å²) >= 11 is 1.36. The Morgan fingerprint density at radius 1 is 1.24 bits per heavy atom. The number of hydrogen-bond acceptors (Lipinski definition) is 7. The first-order valence-corrected chi connectivity index (χ1v) is 11.5. The summed E-state index contributed by atoms with van der Waals surface area (Å²) in [6.45, 7) is 3.87. The lowest BCUT2D eigenvalue weighted by Gasteiger charge is -2.46. The van der Waals surface area contributed by atoms with Crippen molar-refractivity contribution in [3.8, 4) is 0 Å². The number of rotatable bonds is 7. The van der Waals surface area contributed by atoms with Crippen molar-refractivity contribution in [3.63, 3.8) is 0 Å². The van der Waals surface area contributed by atoms with E-state index in [0.717, 1.165) is 0 Å². The minimum Gasteiger partial charge on any atom is -0.478 e. The van der Waals surface area contributed by atoms with Gasteiger partial charge in [0.2, 0.25) is 11.8 Å². The van der Waals surface area contributed by atoms with E-state index in [1.807, 2.05) is 6.92 Å². The molecule has 10 nitrogen and oxygen atoms in total. The Kier molecular flexibility index (Phi) is 6.21. The number of anilines is 1. The van der Waals surface area contributed by atoms with Gasteiger partial charge in [0.05, 0.1) is 29.7 Å². The zero-order chi connectivity index (χ0) is 24.0. The minimum absolute atomic E-state index is 0.0298. The van der Waals surface area contributed by atoms with Gasteiger partial charge in [0.1, 0.15) is 5.70 Å². The third-order valence-electron chi connectivity index (χ3n) is 6.39. The van der Waals surface area contributed by atoms with E-state index in [0.29, 0.717) is 23.6 Å². The summed E-state index contributed by atoms with van der Waals surface area (Å²) in [5.41, 5.74) is 0.418. The van der Waals surface area contributed by atoms with Crippen molar-refractivity contribution in [2.24, 2.45) is 11.8 Å². The monoisotopic (exact) mass is 475 g/mol. The van der Waals surface area contributed by atoms with Crippen molar-refractivity contribution in [2.75, 3.05) is 11.9 Å². The number of benzene rings is 1. The zero-order valence-corrected chi connectivity index (χ0v) is 18.8. The van der Waals surface area contributed by atoms with Gasteiger partial charge in [-0.1, -0.05) is 13.0 Å². The van der Waals surface area contributed by atoms with Gasteiger partial charge in [0.25, 0.3) is 0 Å². The van der Waals surface area contributed by atoms with E-state index < -0.39 is 30.0 Å². The number of thioether (sulfide) groups is 1. The number of carbonyl (C=O) groups excluding carboxylic acids is 2. The predicted octanol–water partition coefficient (Wildman–Crippen LogP) is 0.941. The average molecular weight is 476 g/mol. The molecule has 176 valence electrons. The smallest absolute Gasteiger partial charge is 0.353 e. The summed E-state index contributed by atoms with van der Waals surface area (Å²) in [7, 11) is 0. The molecule has 0 radical (unpaired) electrons. The maximum atomic E-state index is 12.7. The van der Waals surface area contributed by atoms with E-state index in [-0.39, 0.29) is 40.3 Å². The highest BCUT2D eigenvalue weighted by atomic mass is 32.2. The van der Waals surface area contributed by atoms with Crippen molar-refractivity contribution >= 4 is 41.2 Å². The second kappa shape index (κ2) is 8.81. The molecule has 2 amide bonds. The summed E-state index contributed by atoms with van der Waals surface area (Å²) in [6, 6.07) is 5.07. The highest BCUT2D eigenvalue weighted by molar-refractivity contribution is 8.03. The van der Waals surface area contributed by atoms with Crippen molar-refractivity contribution in [2.45, 2.75) is 43.7 Å². The highest BCUT2D eigenvalue weighted by Gasteiger charge is 2.60. The number of aromatic carboxylic acids is 1. The van der Waals surface area contributed by atoms with Crippen LogP contribution < -0.4 is 10.6 Å². The Labute approximate surface area is 194 Å². The van der Waals surface area contributed by atoms with Crippen molar-refractivity contribution < 1.29 is 34.5 Å². The summed E-state index contributed by atoms with van der Waals surface area (Å²) in [6.07, 6.45) is -0.419. The third kappa shape index (κ3) is 4.11. The van der Waals surface area contributed by atoms with Gasteiger partial charge in [-0.3, -0.25) is 9.59 Å².